The van der Waals surface area contributed by atoms with Gasteiger partial charge in [-0.05, 0) is 103 Å². The van der Waals surface area contributed by atoms with E-state index < -0.39 is 0 Å². The molecular weight excluding hydrogens is 591 g/mol. The number of hydrogen-bond acceptors (Lipinski definition) is 1. The van der Waals surface area contributed by atoms with Crippen molar-refractivity contribution in [2.24, 2.45) is 0 Å². The van der Waals surface area contributed by atoms with E-state index in [1.165, 1.54) is 83.8 Å². The highest BCUT2D eigenvalue weighted by Gasteiger charge is 2.38. The van der Waals surface area contributed by atoms with Gasteiger partial charge in [0.25, 0.3) is 0 Å². The molecule has 1 nitrogen and oxygen atoms in total. The van der Waals surface area contributed by atoms with E-state index in [1.54, 1.807) is 0 Å². The third kappa shape index (κ3) is 4.89. The first-order valence-corrected chi connectivity index (χ1v) is 18.0. The van der Waals surface area contributed by atoms with Crippen LogP contribution in [0.25, 0.3) is 33.4 Å². The summed E-state index contributed by atoms with van der Waals surface area (Å²) in [6.07, 6.45) is 0. The molecule has 0 heterocycles. The third-order valence-electron chi connectivity index (χ3n) is 11.5. The zero-order chi connectivity index (χ0) is 34.2. The van der Waals surface area contributed by atoms with Crippen molar-refractivity contribution < 1.29 is 0 Å². The zero-order valence-electron chi connectivity index (χ0n) is 30.2. The summed E-state index contributed by atoms with van der Waals surface area (Å²) in [6.45, 7) is 18.6. The van der Waals surface area contributed by atoms with Gasteiger partial charge in [-0.15, -0.1) is 0 Å². The van der Waals surface area contributed by atoms with E-state index in [4.69, 9.17) is 0 Å². The second kappa shape index (κ2) is 11.3. The number of nitrogens with zero attached hydrogens (tertiary/aromatic N) is 1. The lowest BCUT2D eigenvalue weighted by Crippen LogP contribution is -2.18. The fourth-order valence-electron chi connectivity index (χ4n) is 8.47. The summed E-state index contributed by atoms with van der Waals surface area (Å²) < 4.78 is 0. The van der Waals surface area contributed by atoms with Gasteiger partial charge in [-0.2, -0.15) is 0 Å². The van der Waals surface area contributed by atoms with Crippen LogP contribution in [0.15, 0.2) is 127 Å². The van der Waals surface area contributed by atoms with Crippen LogP contribution in [0.5, 0.6) is 0 Å². The fraction of sp³-hybridized carbons (Fsp3) is 0.250. The molecule has 49 heavy (non-hydrogen) atoms. The molecule has 1 heteroatoms. The average Bonchev–Trinajstić information content (AvgIpc) is 3.47. The minimum atomic E-state index is -0.0928. The second-order valence-corrected chi connectivity index (χ2v) is 15.8. The molecule has 6 aromatic rings. The van der Waals surface area contributed by atoms with Crippen LogP contribution in [0.1, 0.15) is 101 Å². The number of hydrogen-bond donors (Lipinski definition) is 0. The Morgan fingerprint density at radius 1 is 0.408 bits per heavy atom. The Kier molecular flexibility index (Phi) is 7.27. The first-order valence-electron chi connectivity index (χ1n) is 18.0. The fourth-order valence-corrected chi connectivity index (χ4v) is 8.47. The van der Waals surface area contributed by atoms with Gasteiger partial charge in [0.05, 0.1) is 5.69 Å². The largest absolute Gasteiger partial charge is 0.310 e. The normalized spacial score (nSPS) is 14.8. The molecule has 8 rings (SSSR count). The van der Waals surface area contributed by atoms with Gasteiger partial charge in [-0.1, -0.05) is 152 Å². The average molecular weight is 638 g/mol. The van der Waals surface area contributed by atoms with Crippen molar-refractivity contribution >= 4 is 17.1 Å². The van der Waals surface area contributed by atoms with Crippen molar-refractivity contribution in [2.45, 2.75) is 78.1 Å². The van der Waals surface area contributed by atoms with E-state index in [9.17, 15) is 0 Å². The highest BCUT2D eigenvalue weighted by Crippen LogP contribution is 2.54. The van der Waals surface area contributed by atoms with Crippen LogP contribution in [-0.2, 0) is 10.8 Å². The molecule has 0 atom stereocenters. The molecule has 0 bridgehead atoms. The summed E-state index contributed by atoms with van der Waals surface area (Å²) in [4.78, 5) is 2.54. The molecule has 2 aliphatic rings. The summed E-state index contributed by atoms with van der Waals surface area (Å²) >= 11 is 0. The van der Waals surface area contributed by atoms with Gasteiger partial charge in [0, 0.05) is 27.8 Å². The zero-order valence-corrected chi connectivity index (χ0v) is 30.2. The van der Waals surface area contributed by atoms with Crippen LogP contribution in [0.4, 0.5) is 17.1 Å². The van der Waals surface area contributed by atoms with Crippen LogP contribution < -0.4 is 4.90 Å². The standard InChI is InChI=1S/C48H47N/c1-30(2)32-17-19-33(20-18-32)37-24-21-34(31(3)4)27-46(37)49(35-22-25-40-38-13-9-11-15-42(38)47(5,6)44(40)28-35)36-23-26-41-39-14-10-12-16-43(39)48(7,8)45(41)29-36/h9-31H,1-8H3. The Hall–Kier alpha value is -4.88. The first-order chi connectivity index (χ1) is 23.5. The Labute approximate surface area is 293 Å². The van der Waals surface area contributed by atoms with E-state index >= 15 is 0 Å². The first kappa shape index (κ1) is 31.4. The molecule has 244 valence electrons. The summed E-state index contributed by atoms with van der Waals surface area (Å²) in [5.41, 5.74) is 19.5. The maximum atomic E-state index is 2.54. The summed E-state index contributed by atoms with van der Waals surface area (Å²) in [5, 5.41) is 0. The van der Waals surface area contributed by atoms with Crippen LogP contribution in [-0.4, -0.2) is 0 Å². The van der Waals surface area contributed by atoms with Gasteiger partial charge >= 0.3 is 0 Å². The van der Waals surface area contributed by atoms with E-state index in [0.29, 0.717) is 11.8 Å². The van der Waals surface area contributed by atoms with Gasteiger partial charge in [-0.3, -0.25) is 0 Å². The molecule has 2 aliphatic carbocycles. The maximum Gasteiger partial charge on any atom is 0.0542 e. The second-order valence-electron chi connectivity index (χ2n) is 15.8. The van der Waals surface area contributed by atoms with Gasteiger partial charge in [0.2, 0.25) is 0 Å². The summed E-state index contributed by atoms with van der Waals surface area (Å²) in [5.74, 6) is 0.894. The Morgan fingerprint density at radius 2 is 0.837 bits per heavy atom. The highest BCUT2D eigenvalue weighted by atomic mass is 15.1. The van der Waals surface area contributed by atoms with E-state index in [2.05, 4.69) is 188 Å². The third-order valence-corrected chi connectivity index (χ3v) is 11.5. The van der Waals surface area contributed by atoms with Gasteiger partial charge in [0.15, 0.2) is 0 Å². The monoisotopic (exact) mass is 637 g/mol. The van der Waals surface area contributed by atoms with E-state index in [-0.39, 0.29) is 10.8 Å². The molecule has 0 aliphatic heterocycles. The Balaban J connectivity index is 1.38. The van der Waals surface area contributed by atoms with Crippen LogP contribution >= 0.6 is 0 Å². The number of fused-ring (bicyclic) bond motifs is 6. The van der Waals surface area contributed by atoms with Crippen LogP contribution in [0.3, 0.4) is 0 Å². The summed E-state index contributed by atoms with van der Waals surface area (Å²) in [6, 6.07) is 48.6. The lowest BCUT2D eigenvalue weighted by Gasteiger charge is -2.32. The SMILES string of the molecule is CC(C)c1ccc(-c2ccc(C(C)C)cc2N(c2ccc3c(c2)C(C)(C)c2ccccc2-3)c2ccc3c(c2)C(C)(C)c2ccccc2-3)cc1. The minimum absolute atomic E-state index is 0.0928. The van der Waals surface area contributed by atoms with Crippen molar-refractivity contribution in [2.75, 3.05) is 4.90 Å². The van der Waals surface area contributed by atoms with Crippen LogP contribution in [0.2, 0.25) is 0 Å². The predicted molar refractivity (Wildman–Crippen MR) is 210 cm³/mol. The van der Waals surface area contributed by atoms with E-state index in [0.717, 1.165) is 0 Å². The Bertz CT molecular complexity index is 2120. The molecule has 6 aromatic carbocycles. The molecule has 0 saturated carbocycles. The Morgan fingerprint density at radius 3 is 1.33 bits per heavy atom. The molecule has 0 saturated heterocycles. The van der Waals surface area contributed by atoms with Gasteiger partial charge in [-0.25, -0.2) is 0 Å². The van der Waals surface area contributed by atoms with E-state index in [1.807, 2.05) is 0 Å². The topological polar surface area (TPSA) is 3.24 Å². The molecule has 0 aromatic heterocycles. The molecule has 0 unspecified atom stereocenters. The number of rotatable bonds is 6. The number of benzene rings is 6. The molecule has 0 radical (unpaired) electrons. The minimum Gasteiger partial charge on any atom is -0.310 e. The molecule has 0 amide bonds. The molecule has 0 spiro atoms. The molecular formula is C48H47N. The van der Waals surface area contributed by atoms with Gasteiger partial charge in [0.1, 0.15) is 0 Å². The molecule has 0 fully saturated rings. The highest BCUT2D eigenvalue weighted by molar-refractivity contribution is 5.92. The maximum absolute atomic E-state index is 2.54. The predicted octanol–water partition coefficient (Wildman–Crippen LogP) is 13.7. The van der Waals surface area contributed by atoms with Gasteiger partial charge < -0.3 is 4.90 Å². The lowest BCUT2D eigenvalue weighted by atomic mass is 9.82. The van der Waals surface area contributed by atoms with Crippen molar-refractivity contribution in [3.8, 4) is 33.4 Å². The van der Waals surface area contributed by atoms with Crippen molar-refractivity contribution in [3.05, 3.63) is 161 Å². The van der Waals surface area contributed by atoms with Crippen molar-refractivity contribution in [1.82, 2.24) is 0 Å². The van der Waals surface area contributed by atoms with Crippen LogP contribution in [0, 0.1) is 0 Å². The van der Waals surface area contributed by atoms with Crippen molar-refractivity contribution in [1.29, 1.82) is 0 Å². The summed E-state index contributed by atoms with van der Waals surface area (Å²) in [7, 11) is 0. The van der Waals surface area contributed by atoms with Crippen molar-refractivity contribution in [3.63, 3.8) is 0 Å². The molecule has 0 N–H and O–H groups in total. The number of anilines is 3. The lowest BCUT2D eigenvalue weighted by molar-refractivity contribution is 0.660. The smallest absolute Gasteiger partial charge is 0.0542 e. The quantitative estimate of drug-likeness (QED) is 0.176.